The number of carbonyl (C=O) groups is 1. The molecule has 3 aliphatic carbocycles. The number of ether oxygens (including phenoxy) is 1. The van der Waals surface area contributed by atoms with Gasteiger partial charge in [0.25, 0.3) is 0 Å². The fourth-order valence-electron chi connectivity index (χ4n) is 9.61. The highest BCUT2D eigenvalue weighted by atomic mass is 31.2. The van der Waals surface area contributed by atoms with E-state index >= 15 is 0 Å². The van der Waals surface area contributed by atoms with Crippen molar-refractivity contribution in [2.45, 2.75) is 123 Å². The SMILES string of the molecule is CCCC[C@@H](O)C[C@@H]1C[C@H]2CC[C@]3(C)[C@@H]([C@H](C)CCC(=O)OCOP(=O)(OCc4ccccc4)OCc4ccccc4)CC[C@H]3[C@@H]2[C@@H](O)C1. The summed E-state index contributed by atoms with van der Waals surface area (Å²) in [6.07, 6.45) is 10.8. The van der Waals surface area contributed by atoms with Crippen LogP contribution in [0.25, 0.3) is 0 Å². The lowest BCUT2D eigenvalue weighted by Gasteiger charge is -2.54. The maximum absolute atomic E-state index is 13.5. The molecule has 0 aliphatic heterocycles. The van der Waals surface area contributed by atoms with Crippen LogP contribution in [0.5, 0.6) is 0 Å². The van der Waals surface area contributed by atoms with E-state index in [1.54, 1.807) is 0 Å². The Morgan fingerprint density at radius 1 is 0.939 bits per heavy atom. The maximum Gasteiger partial charge on any atom is 0.478 e. The molecule has 0 radical (unpaired) electrons. The van der Waals surface area contributed by atoms with Crippen molar-refractivity contribution in [1.29, 1.82) is 0 Å². The van der Waals surface area contributed by atoms with Gasteiger partial charge in [-0.15, -0.1) is 0 Å². The van der Waals surface area contributed by atoms with E-state index in [0.29, 0.717) is 41.9 Å². The lowest BCUT2D eigenvalue weighted by molar-refractivity contribution is -0.152. The van der Waals surface area contributed by atoms with Gasteiger partial charge >= 0.3 is 13.8 Å². The van der Waals surface area contributed by atoms with E-state index in [2.05, 4.69) is 20.8 Å². The molecule has 49 heavy (non-hydrogen) atoms. The van der Waals surface area contributed by atoms with Crippen LogP contribution in [0.15, 0.2) is 60.7 Å². The molecule has 9 heteroatoms. The average molecular weight is 699 g/mol. The molecule has 0 heterocycles. The normalized spacial score (nSPS) is 29.5. The van der Waals surface area contributed by atoms with Crippen LogP contribution in [-0.4, -0.2) is 35.2 Å². The van der Waals surface area contributed by atoms with Crippen molar-refractivity contribution in [2.75, 3.05) is 6.79 Å². The third kappa shape index (κ3) is 10.3. The van der Waals surface area contributed by atoms with E-state index in [9.17, 15) is 19.6 Å². The zero-order valence-corrected chi connectivity index (χ0v) is 30.7. The number of benzene rings is 2. The van der Waals surface area contributed by atoms with Gasteiger partial charge in [-0.05, 0) is 110 Å². The summed E-state index contributed by atoms with van der Waals surface area (Å²) in [6.45, 7) is 6.38. The van der Waals surface area contributed by atoms with Gasteiger partial charge < -0.3 is 14.9 Å². The fraction of sp³-hybridized carbons (Fsp3) is 0.675. The van der Waals surface area contributed by atoms with Crippen LogP contribution < -0.4 is 0 Å². The molecule has 0 spiro atoms. The van der Waals surface area contributed by atoms with Gasteiger partial charge in [0.2, 0.25) is 6.79 Å². The quantitative estimate of drug-likeness (QED) is 0.0901. The summed E-state index contributed by atoms with van der Waals surface area (Å²) in [4.78, 5) is 12.8. The molecule has 272 valence electrons. The highest BCUT2D eigenvalue weighted by Crippen LogP contribution is 2.64. The van der Waals surface area contributed by atoms with Crippen molar-refractivity contribution in [1.82, 2.24) is 0 Å². The number of aliphatic hydroxyl groups excluding tert-OH is 2. The highest BCUT2D eigenvalue weighted by molar-refractivity contribution is 7.48. The number of fused-ring (bicyclic) bond motifs is 3. The smallest absolute Gasteiger partial charge is 0.438 e. The summed E-state index contributed by atoms with van der Waals surface area (Å²) in [5.41, 5.74) is 1.79. The van der Waals surface area contributed by atoms with Gasteiger partial charge in [-0.2, -0.15) is 0 Å². The summed E-state index contributed by atoms with van der Waals surface area (Å²) in [7, 11) is -4.03. The fourth-order valence-corrected chi connectivity index (χ4v) is 10.6. The Morgan fingerprint density at radius 2 is 1.59 bits per heavy atom. The molecule has 2 aromatic carbocycles. The van der Waals surface area contributed by atoms with Crippen molar-refractivity contribution in [2.24, 2.45) is 40.9 Å². The first kappa shape index (κ1) is 38.2. The van der Waals surface area contributed by atoms with E-state index in [0.717, 1.165) is 75.3 Å². The van der Waals surface area contributed by atoms with Crippen LogP contribution in [0.2, 0.25) is 0 Å². The van der Waals surface area contributed by atoms with Gasteiger partial charge in [-0.1, -0.05) is 94.3 Å². The standard InChI is InChI=1S/C40H59O8P/c1-4-5-16-34(41)24-32-23-33-21-22-40(3)35(18-19-36(40)39(33)37(42)25-32)29(2)17-20-38(43)45-28-48-49(44,46-26-30-12-8-6-9-13-30)47-27-31-14-10-7-11-15-31/h6-15,29,32-37,39,41-42H,4-5,16-28H2,1-3H3/t29-,32+,33-,34-,35-,36+,37+,39-,40-/m1/s1. The number of rotatable bonds is 18. The van der Waals surface area contributed by atoms with E-state index in [1.807, 2.05) is 60.7 Å². The minimum absolute atomic E-state index is 0.0287. The number of phosphoric acid groups is 1. The van der Waals surface area contributed by atoms with Crippen LogP contribution in [-0.2, 0) is 40.9 Å². The lowest BCUT2D eigenvalue weighted by atomic mass is 9.52. The zero-order valence-electron chi connectivity index (χ0n) is 29.8. The highest BCUT2D eigenvalue weighted by Gasteiger charge is 2.57. The number of phosphoric ester groups is 1. The average Bonchev–Trinajstić information content (AvgIpc) is 3.46. The molecule has 0 unspecified atom stereocenters. The molecule has 3 saturated carbocycles. The second-order valence-corrected chi connectivity index (χ2v) is 17.0. The Labute approximate surface area is 293 Å². The molecule has 0 saturated heterocycles. The number of hydrogen-bond donors (Lipinski definition) is 2. The van der Waals surface area contributed by atoms with Gasteiger partial charge in [0.05, 0.1) is 25.4 Å². The first-order valence-corrected chi connectivity index (χ1v) is 20.2. The molecular weight excluding hydrogens is 639 g/mol. The van der Waals surface area contributed by atoms with Crippen LogP contribution in [0.1, 0.15) is 109 Å². The number of hydrogen-bond acceptors (Lipinski definition) is 8. The molecule has 0 bridgehead atoms. The number of carbonyl (C=O) groups excluding carboxylic acids is 1. The Morgan fingerprint density at radius 3 is 2.22 bits per heavy atom. The van der Waals surface area contributed by atoms with Crippen molar-refractivity contribution in [3.05, 3.63) is 71.8 Å². The van der Waals surface area contributed by atoms with Gasteiger partial charge in [-0.3, -0.25) is 13.8 Å². The van der Waals surface area contributed by atoms with Gasteiger partial charge in [0.15, 0.2) is 0 Å². The molecule has 2 N–H and O–H groups in total. The summed E-state index contributed by atoms with van der Waals surface area (Å²) in [5, 5.41) is 22.0. The molecule has 8 nitrogen and oxygen atoms in total. The molecule has 5 rings (SSSR count). The van der Waals surface area contributed by atoms with Crippen LogP contribution in [0, 0.1) is 40.9 Å². The Hall–Kier alpha value is -2.06. The van der Waals surface area contributed by atoms with Gasteiger partial charge in [0.1, 0.15) is 0 Å². The Balaban J connectivity index is 1.09. The van der Waals surface area contributed by atoms with Gasteiger partial charge in [-0.25, -0.2) is 9.09 Å². The molecule has 0 amide bonds. The largest absolute Gasteiger partial charge is 0.478 e. The molecule has 2 aromatic rings. The van der Waals surface area contributed by atoms with Crippen molar-refractivity contribution in [3.8, 4) is 0 Å². The van der Waals surface area contributed by atoms with Gasteiger partial charge in [0, 0.05) is 6.42 Å². The minimum atomic E-state index is -4.03. The topological polar surface area (TPSA) is 112 Å². The third-order valence-electron chi connectivity index (χ3n) is 12.1. The monoisotopic (exact) mass is 698 g/mol. The van der Waals surface area contributed by atoms with E-state index in [1.165, 1.54) is 0 Å². The molecule has 9 atom stereocenters. The van der Waals surface area contributed by atoms with Crippen LogP contribution in [0.4, 0.5) is 0 Å². The van der Waals surface area contributed by atoms with E-state index in [-0.39, 0.29) is 37.3 Å². The van der Waals surface area contributed by atoms with Crippen LogP contribution in [0.3, 0.4) is 0 Å². The Kier molecular flexibility index (Phi) is 14.0. The van der Waals surface area contributed by atoms with Crippen molar-refractivity contribution in [3.63, 3.8) is 0 Å². The lowest BCUT2D eigenvalue weighted by Crippen LogP contribution is -2.50. The molecular formula is C40H59O8P. The van der Waals surface area contributed by atoms with E-state index < -0.39 is 20.6 Å². The zero-order chi connectivity index (χ0) is 34.9. The predicted octanol–water partition coefficient (Wildman–Crippen LogP) is 9.23. The minimum Gasteiger partial charge on any atom is -0.438 e. The van der Waals surface area contributed by atoms with E-state index in [4.69, 9.17) is 18.3 Å². The predicted molar refractivity (Wildman–Crippen MR) is 190 cm³/mol. The van der Waals surface area contributed by atoms with Crippen molar-refractivity contribution >= 4 is 13.8 Å². The first-order chi connectivity index (χ1) is 23.6. The number of esters is 1. The Bertz CT molecular complexity index is 1290. The van der Waals surface area contributed by atoms with Crippen molar-refractivity contribution < 1.29 is 37.9 Å². The number of aliphatic hydroxyl groups is 2. The molecule has 3 fully saturated rings. The molecule has 3 aliphatic rings. The second kappa shape index (κ2) is 17.9. The summed E-state index contributed by atoms with van der Waals surface area (Å²) in [6, 6.07) is 18.7. The number of unbranched alkanes of at least 4 members (excludes halogenated alkanes) is 1. The summed E-state index contributed by atoms with van der Waals surface area (Å²) in [5.74, 6) is 2.21. The maximum atomic E-state index is 13.5. The molecule has 0 aromatic heterocycles. The third-order valence-corrected chi connectivity index (χ3v) is 13.4. The first-order valence-electron chi connectivity index (χ1n) is 18.7. The second-order valence-electron chi connectivity index (χ2n) is 15.4. The summed E-state index contributed by atoms with van der Waals surface area (Å²) >= 11 is 0. The van der Waals surface area contributed by atoms with Crippen LogP contribution >= 0.6 is 7.82 Å². The summed E-state index contributed by atoms with van der Waals surface area (Å²) < 4.78 is 35.6.